The number of hydrogen-bond acceptors (Lipinski definition) is 5. The maximum atomic E-state index is 13.3. The van der Waals surface area contributed by atoms with Crippen LogP contribution >= 0.6 is 0 Å². The highest BCUT2D eigenvalue weighted by atomic mass is 16.5. The Hall–Kier alpha value is -4.04. The van der Waals surface area contributed by atoms with Crippen LogP contribution in [0, 0.1) is 0 Å². The molecule has 0 radical (unpaired) electrons. The van der Waals surface area contributed by atoms with Crippen molar-refractivity contribution < 1.29 is 14.3 Å². The molecule has 0 saturated carbocycles. The molecule has 33 heavy (non-hydrogen) atoms. The van der Waals surface area contributed by atoms with Crippen molar-refractivity contribution in [1.82, 2.24) is 14.8 Å². The number of carbonyl (C=O) groups is 2. The van der Waals surface area contributed by atoms with Gasteiger partial charge in [0.25, 0.3) is 5.91 Å². The smallest absolute Gasteiger partial charge is 0.256 e. The summed E-state index contributed by atoms with van der Waals surface area (Å²) >= 11 is 0. The van der Waals surface area contributed by atoms with E-state index in [4.69, 9.17) is 9.72 Å². The Balaban J connectivity index is 1.65. The number of aromatic nitrogens is 3. The summed E-state index contributed by atoms with van der Waals surface area (Å²) in [7, 11) is 1.46. The molecule has 0 fully saturated rings. The van der Waals surface area contributed by atoms with Crippen LogP contribution in [0.3, 0.4) is 0 Å². The molecule has 0 saturated heterocycles. The number of amides is 2. The monoisotopic (exact) mass is 443 g/mol. The van der Waals surface area contributed by atoms with E-state index in [0.29, 0.717) is 33.7 Å². The predicted molar refractivity (Wildman–Crippen MR) is 128 cm³/mol. The van der Waals surface area contributed by atoms with E-state index in [2.05, 4.69) is 15.7 Å². The van der Waals surface area contributed by atoms with Gasteiger partial charge in [0.05, 0.1) is 22.8 Å². The highest BCUT2D eigenvalue weighted by Gasteiger charge is 2.19. The third-order valence-corrected chi connectivity index (χ3v) is 5.07. The van der Waals surface area contributed by atoms with Crippen molar-refractivity contribution >= 4 is 34.2 Å². The number of methoxy groups -OCH3 is 1. The molecule has 2 amide bonds. The number of pyridine rings is 1. The van der Waals surface area contributed by atoms with Crippen LogP contribution in [0.2, 0.25) is 0 Å². The van der Waals surface area contributed by atoms with Gasteiger partial charge >= 0.3 is 0 Å². The molecule has 0 atom stereocenters. The first-order valence-corrected chi connectivity index (χ1v) is 10.6. The van der Waals surface area contributed by atoms with Crippen LogP contribution < -0.4 is 10.6 Å². The summed E-state index contributed by atoms with van der Waals surface area (Å²) in [6.07, 6.45) is 1.68. The van der Waals surface area contributed by atoms with Crippen LogP contribution in [-0.2, 0) is 9.53 Å². The zero-order valence-corrected chi connectivity index (χ0v) is 18.7. The fourth-order valence-corrected chi connectivity index (χ4v) is 3.50. The van der Waals surface area contributed by atoms with Crippen molar-refractivity contribution in [2.75, 3.05) is 24.4 Å². The van der Waals surface area contributed by atoms with Crippen molar-refractivity contribution in [1.29, 1.82) is 0 Å². The first-order chi connectivity index (χ1) is 16.0. The van der Waals surface area contributed by atoms with Crippen LogP contribution in [0.5, 0.6) is 0 Å². The molecule has 0 aliphatic rings. The molecule has 2 heterocycles. The molecule has 0 bridgehead atoms. The minimum absolute atomic E-state index is 0.0235. The van der Waals surface area contributed by atoms with Gasteiger partial charge in [0.2, 0.25) is 5.91 Å². The molecule has 4 aromatic rings. The minimum atomic E-state index is -0.265. The lowest BCUT2D eigenvalue weighted by Crippen LogP contribution is -2.17. The Labute approximate surface area is 191 Å². The summed E-state index contributed by atoms with van der Waals surface area (Å²) in [5.74, 6) is -0.511. The van der Waals surface area contributed by atoms with Gasteiger partial charge < -0.3 is 15.4 Å². The summed E-state index contributed by atoms with van der Waals surface area (Å²) in [6, 6.07) is 18.5. The third kappa shape index (κ3) is 4.91. The summed E-state index contributed by atoms with van der Waals surface area (Å²) in [6.45, 7) is 4.02. The second-order valence-electron chi connectivity index (χ2n) is 7.85. The molecule has 4 rings (SSSR count). The van der Waals surface area contributed by atoms with Crippen molar-refractivity contribution in [3.8, 4) is 11.3 Å². The van der Waals surface area contributed by atoms with Crippen LogP contribution in [0.25, 0.3) is 22.3 Å². The summed E-state index contributed by atoms with van der Waals surface area (Å²) in [5, 5.41) is 10.8. The zero-order chi connectivity index (χ0) is 23.4. The van der Waals surface area contributed by atoms with E-state index < -0.39 is 0 Å². The van der Waals surface area contributed by atoms with Gasteiger partial charge in [-0.2, -0.15) is 5.10 Å². The number of nitrogens with zero attached hydrogens (tertiary/aromatic N) is 3. The second kappa shape index (κ2) is 9.62. The van der Waals surface area contributed by atoms with Crippen LogP contribution in [0.15, 0.2) is 66.9 Å². The summed E-state index contributed by atoms with van der Waals surface area (Å²) in [5.41, 5.74) is 3.99. The highest BCUT2D eigenvalue weighted by Crippen LogP contribution is 2.27. The summed E-state index contributed by atoms with van der Waals surface area (Å²) < 4.78 is 6.63. The molecule has 0 unspecified atom stereocenters. The molecule has 2 aromatic carbocycles. The first kappa shape index (κ1) is 22.2. The molecule has 8 nitrogen and oxygen atoms in total. The molecule has 0 spiro atoms. The van der Waals surface area contributed by atoms with Crippen molar-refractivity contribution in [2.45, 2.75) is 19.9 Å². The molecule has 168 valence electrons. The molecule has 8 heteroatoms. The first-order valence-electron chi connectivity index (χ1n) is 10.6. The van der Waals surface area contributed by atoms with E-state index in [-0.39, 0.29) is 24.5 Å². The van der Waals surface area contributed by atoms with E-state index in [1.807, 2.05) is 48.9 Å². The SMILES string of the molecule is COCC(=O)Nc1ccc(NC(=O)c2cc(-c3ccccc3)nc3c2cnn3C(C)C)cc1. The Morgan fingerprint density at radius 1 is 1.00 bits per heavy atom. The number of ether oxygens (including phenoxy) is 1. The Bertz CT molecular complexity index is 1280. The second-order valence-corrected chi connectivity index (χ2v) is 7.85. The fraction of sp³-hybridized carbons (Fsp3) is 0.200. The Kier molecular flexibility index (Phi) is 6.46. The average molecular weight is 444 g/mol. The Morgan fingerprint density at radius 3 is 2.30 bits per heavy atom. The molecule has 2 aromatic heterocycles. The van der Waals surface area contributed by atoms with Crippen molar-refractivity contribution in [3.63, 3.8) is 0 Å². The number of benzene rings is 2. The number of carbonyl (C=O) groups excluding carboxylic acids is 2. The van der Waals surface area contributed by atoms with Crippen LogP contribution in [0.1, 0.15) is 30.2 Å². The lowest BCUT2D eigenvalue weighted by Gasteiger charge is -2.11. The molecular weight excluding hydrogens is 418 g/mol. The normalized spacial score (nSPS) is 11.0. The molecule has 0 aliphatic heterocycles. The summed E-state index contributed by atoms with van der Waals surface area (Å²) in [4.78, 5) is 29.7. The molecule has 2 N–H and O–H groups in total. The van der Waals surface area contributed by atoms with E-state index in [1.54, 1.807) is 36.5 Å². The van der Waals surface area contributed by atoms with Gasteiger partial charge in [-0.25, -0.2) is 9.67 Å². The number of anilines is 2. The van der Waals surface area contributed by atoms with E-state index in [9.17, 15) is 9.59 Å². The fourth-order valence-electron chi connectivity index (χ4n) is 3.50. The van der Waals surface area contributed by atoms with E-state index in [1.165, 1.54) is 7.11 Å². The van der Waals surface area contributed by atoms with Gasteiger partial charge in [-0.1, -0.05) is 30.3 Å². The number of rotatable bonds is 7. The quantitative estimate of drug-likeness (QED) is 0.438. The third-order valence-electron chi connectivity index (χ3n) is 5.07. The van der Waals surface area contributed by atoms with E-state index in [0.717, 1.165) is 5.56 Å². The Morgan fingerprint density at radius 2 is 1.67 bits per heavy atom. The maximum absolute atomic E-state index is 13.3. The van der Waals surface area contributed by atoms with Gasteiger partial charge in [0, 0.05) is 30.1 Å². The zero-order valence-electron chi connectivity index (χ0n) is 18.7. The molecule has 0 aliphatic carbocycles. The van der Waals surface area contributed by atoms with Crippen molar-refractivity contribution in [2.24, 2.45) is 0 Å². The lowest BCUT2D eigenvalue weighted by atomic mass is 10.1. The van der Waals surface area contributed by atoms with Crippen LogP contribution in [-0.4, -0.2) is 40.3 Å². The predicted octanol–water partition coefficient (Wildman–Crippen LogP) is 4.52. The largest absolute Gasteiger partial charge is 0.375 e. The average Bonchev–Trinajstić information content (AvgIpc) is 3.25. The standard InChI is InChI=1S/C25H25N5O3/c1-16(2)30-24-21(14-26-30)20(13-22(29-24)17-7-5-4-6-8-17)25(32)28-19-11-9-18(10-12-19)27-23(31)15-33-3/h4-14,16H,15H2,1-3H3,(H,27,31)(H,28,32). The number of hydrogen-bond donors (Lipinski definition) is 2. The number of nitrogens with one attached hydrogen (secondary N) is 2. The van der Waals surface area contributed by atoms with Gasteiger partial charge in [-0.05, 0) is 44.2 Å². The highest BCUT2D eigenvalue weighted by molar-refractivity contribution is 6.12. The van der Waals surface area contributed by atoms with Crippen LogP contribution in [0.4, 0.5) is 11.4 Å². The maximum Gasteiger partial charge on any atom is 0.256 e. The van der Waals surface area contributed by atoms with Gasteiger partial charge in [-0.3, -0.25) is 9.59 Å². The molecular formula is C25H25N5O3. The van der Waals surface area contributed by atoms with Gasteiger partial charge in [0.15, 0.2) is 5.65 Å². The minimum Gasteiger partial charge on any atom is -0.375 e. The van der Waals surface area contributed by atoms with E-state index >= 15 is 0 Å². The number of fused-ring (bicyclic) bond motifs is 1. The van der Waals surface area contributed by atoms with Gasteiger partial charge in [0.1, 0.15) is 6.61 Å². The topological polar surface area (TPSA) is 98.1 Å². The lowest BCUT2D eigenvalue weighted by molar-refractivity contribution is -0.119. The van der Waals surface area contributed by atoms with Crippen molar-refractivity contribution in [3.05, 3.63) is 72.4 Å². The van der Waals surface area contributed by atoms with Gasteiger partial charge in [-0.15, -0.1) is 0 Å².